The van der Waals surface area contributed by atoms with Gasteiger partial charge in [-0.3, -0.25) is 4.79 Å². The Balaban J connectivity index is 2.15. The highest BCUT2D eigenvalue weighted by Gasteiger charge is 2.09. The van der Waals surface area contributed by atoms with Crippen molar-refractivity contribution in [3.63, 3.8) is 0 Å². The molecule has 1 N–H and O–H groups in total. The minimum Gasteiger partial charge on any atom is -0.320 e. The summed E-state index contributed by atoms with van der Waals surface area (Å²) in [5.41, 5.74) is 0.958. The van der Waals surface area contributed by atoms with Crippen LogP contribution in [0.4, 0.5) is 5.69 Å². The summed E-state index contributed by atoms with van der Waals surface area (Å²) in [6, 6.07) is 7.96. The molecule has 0 aliphatic rings. The van der Waals surface area contributed by atoms with Crippen LogP contribution in [-0.4, -0.2) is 5.91 Å². The van der Waals surface area contributed by atoms with Crippen molar-refractivity contribution in [1.29, 1.82) is 0 Å². The molecule has 0 spiro atoms. The summed E-state index contributed by atoms with van der Waals surface area (Å²) in [4.78, 5) is 11.9. The van der Waals surface area contributed by atoms with E-state index in [4.69, 9.17) is 58.0 Å². The second kappa shape index (κ2) is 7.58. The lowest BCUT2D eigenvalue weighted by Gasteiger charge is -2.08. The number of nitrogens with one attached hydrogen (secondary N) is 1. The van der Waals surface area contributed by atoms with Crippen LogP contribution < -0.4 is 5.32 Å². The third-order valence-corrected chi connectivity index (χ3v) is 4.01. The zero-order valence-electron chi connectivity index (χ0n) is 10.8. The van der Waals surface area contributed by atoms with E-state index in [-0.39, 0.29) is 10.0 Å². The van der Waals surface area contributed by atoms with E-state index < -0.39 is 5.91 Å². The van der Waals surface area contributed by atoms with E-state index in [1.54, 1.807) is 24.3 Å². The Morgan fingerprint density at radius 3 is 2.05 bits per heavy atom. The molecule has 2 aromatic carbocycles. The number of halogens is 5. The van der Waals surface area contributed by atoms with Gasteiger partial charge in [0.2, 0.25) is 5.91 Å². The highest BCUT2D eigenvalue weighted by atomic mass is 35.5. The van der Waals surface area contributed by atoms with Gasteiger partial charge in [-0.2, -0.15) is 0 Å². The van der Waals surface area contributed by atoms with Crippen molar-refractivity contribution in [1.82, 2.24) is 0 Å². The Bertz CT molecular complexity index is 735. The molecule has 2 aromatic rings. The lowest BCUT2D eigenvalue weighted by Crippen LogP contribution is -2.08. The molecular weight excluding hydrogens is 387 g/mol. The molecule has 0 fully saturated rings. The van der Waals surface area contributed by atoms with E-state index in [0.29, 0.717) is 26.3 Å². The Morgan fingerprint density at radius 2 is 1.45 bits per heavy atom. The van der Waals surface area contributed by atoms with E-state index >= 15 is 0 Å². The van der Waals surface area contributed by atoms with Crippen molar-refractivity contribution in [3.05, 3.63) is 67.1 Å². The van der Waals surface area contributed by atoms with Crippen LogP contribution >= 0.6 is 58.0 Å². The predicted octanol–water partition coefficient (Wildman–Crippen LogP) is 6.61. The van der Waals surface area contributed by atoms with E-state index in [2.05, 4.69) is 5.32 Å². The smallest absolute Gasteiger partial charge is 0.248 e. The molecule has 2 rings (SSSR count). The maximum Gasteiger partial charge on any atom is 0.248 e. The third-order valence-electron chi connectivity index (χ3n) is 2.63. The fourth-order valence-electron chi connectivity index (χ4n) is 1.63. The first kappa shape index (κ1) is 17.5. The van der Waals surface area contributed by atoms with Gasteiger partial charge in [-0.1, -0.05) is 64.1 Å². The van der Waals surface area contributed by atoms with Gasteiger partial charge in [-0.25, -0.2) is 0 Å². The molecular formula is C15H8Cl5NO. The first-order chi connectivity index (χ1) is 10.4. The molecule has 0 bridgehead atoms. The predicted molar refractivity (Wildman–Crippen MR) is 95.6 cm³/mol. The van der Waals surface area contributed by atoms with E-state index in [1.165, 1.54) is 18.2 Å². The Morgan fingerprint density at radius 1 is 0.864 bits per heavy atom. The van der Waals surface area contributed by atoms with Gasteiger partial charge in [0.15, 0.2) is 0 Å². The summed E-state index contributed by atoms with van der Waals surface area (Å²) in [6.45, 7) is 0. The van der Waals surface area contributed by atoms with Crippen LogP contribution in [0.5, 0.6) is 0 Å². The SMILES string of the molecule is O=C(/C=C/c1ccc(Cl)cc1Cl)Nc1c(Cl)cc(Cl)cc1Cl. The van der Waals surface area contributed by atoms with Crippen LogP contribution in [-0.2, 0) is 4.79 Å². The van der Waals surface area contributed by atoms with Crippen LogP contribution in [0.2, 0.25) is 25.1 Å². The summed E-state index contributed by atoms with van der Waals surface area (Å²) in [5, 5.41) is 4.45. The molecule has 2 nitrogen and oxygen atoms in total. The number of carbonyl (C=O) groups is 1. The first-order valence-electron chi connectivity index (χ1n) is 5.95. The van der Waals surface area contributed by atoms with Crippen molar-refractivity contribution >= 4 is 75.7 Å². The van der Waals surface area contributed by atoms with E-state index in [1.807, 2.05) is 0 Å². The Kier molecular flexibility index (Phi) is 6.01. The summed E-state index contributed by atoms with van der Waals surface area (Å²) in [6.07, 6.45) is 2.88. The number of hydrogen-bond acceptors (Lipinski definition) is 1. The Hall–Kier alpha value is -0.900. The molecule has 0 unspecified atom stereocenters. The minimum absolute atomic E-state index is 0.253. The number of benzene rings is 2. The molecule has 114 valence electrons. The van der Waals surface area contributed by atoms with Crippen molar-refractivity contribution in [2.45, 2.75) is 0 Å². The number of hydrogen-bond donors (Lipinski definition) is 1. The average Bonchev–Trinajstić information content (AvgIpc) is 2.42. The maximum absolute atomic E-state index is 11.9. The summed E-state index contributed by atoms with van der Waals surface area (Å²) in [7, 11) is 0. The van der Waals surface area contributed by atoms with Crippen molar-refractivity contribution in [3.8, 4) is 0 Å². The van der Waals surface area contributed by atoms with Gasteiger partial charge in [-0.05, 0) is 35.9 Å². The summed E-state index contributed by atoms with van der Waals surface area (Å²) in [5.74, 6) is -0.405. The molecule has 0 aliphatic carbocycles. The second-order valence-electron chi connectivity index (χ2n) is 4.23. The van der Waals surface area contributed by atoms with Gasteiger partial charge >= 0.3 is 0 Å². The number of rotatable bonds is 3. The average molecular weight is 396 g/mol. The molecule has 0 aliphatic heterocycles. The highest BCUT2D eigenvalue weighted by molar-refractivity contribution is 6.42. The standard InChI is InChI=1S/C15H8Cl5NO/c16-9-3-1-8(11(18)5-9)2-4-14(22)21-15-12(19)6-10(17)7-13(15)20/h1-7H,(H,21,22)/b4-2+. The molecule has 0 heterocycles. The number of carbonyl (C=O) groups excluding carboxylic acids is 1. The van der Waals surface area contributed by atoms with E-state index in [0.717, 1.165) is 0 Å². The quantitative estimate of drug-likeness (QED) is 0.583. The van der Waals surface area contributed by atoms with Crippen LogP contribution in [0.15, 0.2) is 36.4 Å². The molecule has 0 radical (unpaired) electrons. The van der Waals surface area contributed by atoms with Gasteiger partial charge in [0, 0.05) is 21.1 Å². The van der Waals surface area contributed by atoms with Gasteiger partial charge < -0.3 is 5.32 Å². The molecule has 0 atom stereocenters. The van der Waals surface area contributed by atoms with Gasteiger partial charge in [0.25, 0.3) is 0 Å². The lowest BCUT2D eigenvalue weighted by atomic mass is 10.2. The summed E-state index contributed by atoms with van der Waals surface area (Å²) >= 11 is 29.6. The fraction of sp³-hybridized carbons (Fsp3) is 0. The normalized spacial score (nSPS) is 11.0. The number of anilines is 1. The van der Waals surface area contributed by atoms with Crippen molar-refractivity contribution in [2.75, 3.05) is 5.32 Å². The van der Waals surface area contributed by atoms with Crippen LogP contribution in [0.3, 0.4) is 0 Å². The fourth-order valence-corrected chi connectivity index (χ4v) is 3.01. The topological polar surface area (TPSA) is 29.1 Å². The minimum atomic E-state index is -0.405. The highest BCUT2D eigenvalue weighted by Crippen LogP contribution is 2.33. The Labute approximate surface area is 152 Å². The second-order valence-corrected chi connectivity index (χ2v) is 6.33. The molecule has 22 heavy (non-hydrogen) atoms. The molecule has 0 saturated heterocycles. The molecule has 7 heteroatoms. The molecule has 1 amide bonds. The first-order valence-corrected chi connectivity index (χ1v) is 7.84. The number of amides is 1. The van der Waals surface area contributed by atoms with Crippen molar-refractivity contribution < 1.29 is 4.79 Å². The maximum atomic E-state index is 11.9. The largest absolute Gasteiger partial charge is 0.320 e. The van der Waals surface area contributed by atoms with Gasteiger partial charge in [0.05, 0.1) is 15.7 Å². The third kappa shape index (κ3) is 4.55. The van der Waals surface area contributed by atoms with Gasteiger partial charge in [-0.15, -0.1) is 0 Å². The van der Waals surface area contributed by atoms with E-state index in [9.17, 15) is 4.79 Å². The monoisotopic (exact) mass is 393 g/mol. The van der Waals surface area contributed by atoms with Crippen LogP contribution in [0, 0.1) is 0 Å². The lowest BCUT2D eigenvalue weighted by molar-refractivity contribution is -0.111. The zero-order valence-corrected chi connectivity index (χ0v) is 14.6. The molecule has 0 aromatic heterocycles. The van der Waals surface area contributed by atoms with Gasteiger partial charge in [0.1, 0.15) is 0 Å². The van der Waals surface area contributed by atoms with Crippen LogP contribution in [0.1, 0.15) is 5.56 Å². The van der Waals surface area contributed by atoms with Crippen LogP contribution in [0.25, 0.3) is 6.08 Å². The van der Waals surface area contributed by atoms with Crippen molar-refractivity contribution in [2.24, 2.45) is 0 Å². The molecule has 0 saturated carbocycles. The summed E-state index contributed by atoms with van der Waals surface area (Å²) < 4.78 is 0. The zero-order chi connectivity index (χ0) is 16.3.